The van der Waals surface area contributed by atoms with E-state index in [0.717, 1.165) is 37.1 Å². The van der Waals surface area contributed by atoms with Gasteiger partial charge in [-0.15, -0.1) is 0 Å². The smallest absolute Gasteiger partial charge is 0.255 e. The summed E-state index contributed by atoms with van der Waals surface area (Å²) in [6.07, 6.45) is 2.04. The van der Waals surface area contributed by atoms with E-state index < -0.39 is 0 Å². The van der Waals surface area contributed by atoms with Gasteiger partial charge in [0.1, 0.15) is 0 Å². The average Bonchev–Trinajstić information content (AvgIpc) is 3.13. The molecule has 6 heteroatoms. The summed E-state index contributed by atoms with van der Waals surface area (Å²) in [5, 5.41) is 0. The third-order valence-electron chi connectivity index (χ3n) is 5.73. The number of rotatable bonds is 10. The van der Waals surface area contributed by atoms with Crippen molar-refractivity contribution in [2.45, 2.75) is 45.7 Å². The van der Waals surface area contributed by atoms with Crippen LogP contribution in [0.3, 0.4) is 0 Å². The van der Waals surface area contributed by atoms with Crippen molar-refractivity contribution in [3.63, 3.8) is 0 Å². The lowest BCUT2D eigenvalue weighted by molar-refractivity contribution is -0.132. The predicted octanol–water partition coefficient (Wildman–Crippen LogP) is 4.44. The van der Waals surface area contributed by atoms with E-state index >= 15 is 0 Å². The summed E-state index contributed by atoms with van der Waals surface area (Å²) < 4.78 is 10.9. The highest BCUT2D eigenvalue weighted by atomic mass is 16.5. The maximum absolute atomic E-state index is 13.3. The number of nitrogens with zero attached hydrogens (tertiary/aromatic N) is 2. The number of carbonyl (C=O) groups excluding carboxylic acids is 2. The van der Waals surface area contributed by atoms with Gasteiger partial charge in [-0.1, -0.05) is 38.1 Å². The molecule has 0 saturated carbocycles. The zero-order chi connectivity index (χ0) is 22.4. The summed E-state index contributed by atoms with van der Waals surface area (Å²) in [5.74, 6) is 1.22. The molecule has 6 nitrogen and oxygen atoms in total. The van der Waals surface area contributed by atoms with Crippen LogP contribution >= 0.6 is 0 Å². The number of fused-ring (bicyclic) bond motifs is 1. The fourth-order valence-corrected chi connectivity index (χ4v) is 4.19. The average molecular weight is 425 g/mol. The first-order valence-electron chi connectivity index (χ1n) is 10.9. The Morgan fingerprint density at radius 2 is 1.71 bits per heavy atom. The van der Waals surface area contributed by atoms with E-state index in [1.165, 1.54) is 0 Å². The maximum Gasteiger partial charge on any atom is 0.255 e. The molecule has 0 saturated heterocycles. The van der Waals surface area contributed by atoms with E-state index in [9.17, 15) is 9.59 Å². The van der Waals surface area contributed by atoms with Crippen LogP contribution < -0.4 is 9.47 Å². The molecule has 1 atom stereocenters. The zero-order valence-electron chi connectivity index (χ0n) is 18.9. The van der Waals surface area contributed by atoms with Gasteiger partial charge >= 0.3 is 0 Å². The maximum atomic E-state index is 13.3. The topological polar surface area (TPSA) is 59.1 Å². The van der Waals surface area contributed by atoms with Crippen LogP contribution in [0.4, 0.5) is 0 Å². The minimum Gasteiger partial charge on any atom is -0.493 e. The molecule has 0 unspecified atom stereocenters. The van der Waals surface area contributed by atoms with Crippen LogP contribution in [0.2, 0.25) is 0 Å². The zero-order valence-corrected chi connectivity index (χ0v) is 18.9. The molecule has 0 N–H and O–H groups in total. The van der Waals surface area contributed by atoms with Gasteiger partial charge in [0.2, 0.25) is 5.91 Å². The lowest BCUT2D eigenvalue weighted by atomic mass is 10.00. The highest BCUT2D eigenvalue weighted by Gasteiger charge is 2.35. The van der Waals surface area contributed by atoms with Crippen LogP contribution in [0, 0.1) is 0 Å². The second-order valence-corrected chi connectivity index (χ2v) is 7.81. The molecule has 3 rings (SSSR count). The van der Waals surface area contributed by atoms with Crippen molar-refractivity contribution in [3.8, 4) is 11.5 Å². The van der Waals surface area contributed by atoms with Crippen LogP contribution in [-0.4, -0.2) is 48.9 Å². The van der Waals surface area contributed by atoms with E-state index in [4.69, 9.17) is 9.47 Å². The van der Waals surface area contributed by atoms with Crippen LogP contribution in [0.5, 0.6) is 11.5 Å². The Bertz CT molecular complexity index is 921. The summed E-state index contributed by atoms with van der Waals surface area (Å²) in [6, 6.07) is 12.9. The molecular formula is C25H32N2O4. The first-order valence-corrected chi connectivity index (χ1v) is 10.9. The van der Waals surface area contributed by atoms with Gasteiger partial charge in [0.15, 0.2) is 11.5 Å². The van der Waals surface area contributed by atoms with Gasteiger partial charge in [0.05, 0.1) is 26.7 Å². The summed E-state index contributed by atoms with van der Waals surface area (Å²) >= 11 is 0. The van der Waals surface area contributed by atoms with Gasteiger partial charge in [-0.25, -0.2) is 0 Å². The van der Waals surface area contributed by atoms with Gasteiger partial charge in [-0.05, 0) is 42.2 Å². The van der Waals surface area contributed by atoms with E-state index in [0.29, 0.717) is 23.6 Å². The highest BCUT2D eigenvalue weighted by molar-refractivity contribution is 5.98. The van der Waals surface area contributed by atoms with Gasteiger partial charge in [0.25, 0.3) is 5.91 Å². The number of benzene rings is 2. The number of amides is 2. The Kier molecular flexibility index (Phi) is 7.55. The van der Waals surface area contributed by atoms with E-state index in [2.05, 4.69) is 13.8 Å². The van der Waals surface area contributed by atoms with Gasteiger partial charge in [0, 0.05) is 25.2 Å². The predicted molar refractivity (Wildman–Crippen MR) is 120 cm³/mol. The normalized spacial score (nSPS) is 13.7. The third kappa shape index (κ3) is 4.84. The molecule has 166 valence electrons. The molecule has 1 heterocycles. The van der Waals surface area contributed by atoms with Crippen molar-refractivity contribution in [2.24, 2.45) is 0 Å². The molecular weight excluding hydrogens is 392 g/mol. The molecule has 0 bridgehead atoms. The van der Waals surface area contributed by atoms with Crippen molar-refractivity contribution in [1.29, 1.82) is 0 Å². The summed E-state index contributed by atoms with van der Waals surface area (Å²) in [5.41, 5.74) is 2.56. The van der Waals surface area contributed by atoms with E-state index in [1.807, 2.05) is 47.4 Å². The monoisotopic (exact) mass is 424 g/mol. The van der Waals surface area contributed by atoms with Crippen molar-refractivity contribution in [3.05, 3.63) is 59.2 Å². The van der Waals surface area contributed by atoms with Crippen LogP contribution in [0.1, 0.15) is 60.6 Å². The second-order valence-electron chi connectivity index (χ2n) is 7.81. The molecule has 0 fully saturated rings. The van der Waals surface area contributed by atoms with Gasteiger partial charge < -0.3 is 19.3 Å². The molecule has 2 amide bonds. The Morgan fingerprint density at radius 1 is 1.03 bits per heavy atom. The fraction of sp³-hybridized carbons (Fsp3) is 0.440. The first kappa shape index (κ1) is 22.7. The molecule has 2 aromatic rings. The molecule has 31 heavy (non-hydrogen) atoms. The van der Waals surface area contributed by atoms with Crippen LogP contribution in [0.15, 0.2) is 42.5 Å². The van der Waals surface area contributed by atoms with Crippen LogP contribution in [0.25, 0.3) is 0 Å². The third-order valence-corrected chi connectivity index (χ3v) is 5.73. The van der Waals surface area contributed by atoms with Gasteiger partial charge in [-0.3, -0.25) is 9.59 Å². The lowest BCUT2D eigenvalue weighted by Gasteiger charge is -2.31. The number of carbonyl (C=O) groups is 2. The molecule has 0 spiro atoms. The number of ether oxygens (including phenoxy) is 2. The SMILES string of the molecule is CCCN(CCC)C(=O)C[C@@H](c1ccc(OC)c(OC)c1)N1Cc2ccccc2C1=O. The molecule has 0 aliphatic carbocycles. The van der Waals surface area contributed by atoms with Crippen LogP contribution in [-0.2, 0) is 11.3 Å². The Labute approximate surface area is 184 Å². The number of methoxy groups -OCH3 is 2. The largest absolute Gasteiger partial charge is 0.493 e. The van der Waals surface area contributed by atoms with Crippen molar-refractivity contribution >= 4 is 11.8 Å². The lowest BCUT2D eigenvalue weighted by Crippen LogP contribution is -2.37. The Hall–Kier alpha value is -3.02. The Morgan fingerprint density at radius 3 is 2.32 bits per heavy atom. The number of hydrogen-bond donors (Lipinski definition) is 0. The minimum atomic E-state index is -0.386. The fourth-order valence-electron chi connectivity index (χ4n) is 4.19. The summed E-state index contributed by atoms with van der Waals surface area (Å²) in [4.78, 5) is 30.2. The molecule has 1 aliphatic heterocycles. The number of hydrogen-bond acceptors (Lipinski definition) is 4. The molecule has 0 aromatic heterocycles. The second kappa shape index (κ2) is 10.3. The van der Waals surface area contributed by atoms with Crippen molar-refractivity contribution < 1.29 is 19.1 Å². The van der Waals surface area contributed by atoms with Crippen molar-refractivity contribution in [1.82, 2.24) is 9.80 Å². The quantitative estimate of drug-likeness (QED) is 0.566. The van der Waals surface area contributed by atoms with Crippen molar-refractivity contribution in [2.75, 3.05) is 27.3 Å². The summed E-state index contributed by atoms with van der Waals surface area (Å²) in [6.45, 7) is 6.08. The van der Waals surface area contributed by atoms with E-state index in [-0.39, 0.29) is 24.3 Å². The standard InChI is InChI=1S/C25H32N2O4/c1-5-13-26(14-6-2)24(28)16-21(18-11-12-22(30-3)23(15-18)31-4)27-17-19-9-7-8-10-20(19)25(27)29/h7-12,15,21H,5-6,13-14,16-17H2,1-4H3/t21-/m0/s1. The molecule has 1 aliphatic rings. The minimum absolute atomic E-state index is 0.0410. The Balaban J connectivity index is 1.97. The van der Waals surface area contributed by atoms with E-state index in [1.54, 1.807) is 19.1 Å². The summed E-state index contributed by atoms with van der Waals surface area (Å²) in [7, 11) is 3.18. The molecule has 0 radical (unpaired) electrons. The molecule has 2 aromatic carbocycles. The first-order chi connectivity index (χ1) is 15.0. The highest BCUT2D eigenvalue weighted by Crippen LogP contribution is 2.37. The van der Waals surface area contributed by atoms with Gasteiger partial charge in [-0.2, -0.15) is 0 Å².